The zero-order valence-electron chi connectivity index (χ0n) is 17.6. The lowest BCUT2D eigenvalue weighted by molar-refractivity contribution is 0.0695. The van der Waals surface area contributed by atoms with Crippen LogP contribution in [0.2, 0.25) is 5.02 Å². The molecule has 3 heterocycles. The molecule has 0 unspecified atom stereocenters. The lowest BCUT2D eigenvalue weighted by Gasteiger charge is -2.31. The molecule has 1 saturated heterocycles. The van der Waals surface area contributed by atoms with Crippen molar-refractivity contribution in [3.8, 4) is 17.1 Å². The van der Waals surface area contributed by atoms with Gasteiger partial charge in [0.25, 0.3) is 5.91 Å². The summed E-state index contributed by atoms with van der Waals surface area (Å²) in [6, 6.07) is 16.8. The third-order valence-electron chi connectivity index (χ3n) is 5.79. The molecule has 162 valence electrons. The van der Waals surface area contributed by atoms with Crippen LogP contribution in [0.25, 0.3) is 17.1 Å². The number of benzene rings is 2. The van der Waals surface area contributed by atoms with Crippen LogP contribution in [0.15, 0.2) is 65.3 Å². The highest BCUT2D eigenvalue weighted by Gasteiger charge is 2.29. The average Bonchev–Trinajstić information content (AvgIpc) is 3.49. The maximum absolute atomic E-state index is 13.1. The number of carbonyl (C=O) groups excluding carboxylic acids is 1. The third kappa shape index (κ3) is 4.03. The topological polar surface area (TPSA) is 77.1 Å². The van der Waals surface area contributed by atoms with E-state index in [1.54, 1.807) is 18.3 Å². The van der Waals surface area contributed by atoms with Gasteiger partial charge in [-0.15, -0.1) is 0 Å². The lowest BCUT2D eigenvalue weighted by atomic mass is 9.97. The summed E-state index contributed by atoms with van der Waals surface area (Å²) in [7, 11) is 0. The Labute approximate surface area is 190 Å². The predicted molar refractivity (Wildman–Crippen MR) is 121 cm³/mol. The second kappa shape index (κ2) is 8.59. The van der Waals surface area contributed by atoms with Crippen LogP contribution in [0, 0.1) is 6.92 Å². The fourth-order valence-corrected chi connectivity index (χ4v) is 4.17. The number of rotatable bonds is 4. The summed E-state index contributed by atoms with van der Waals surface area (Å²) in [5.41, 5.74) is 3.48. The second-order valence-corrected chi connectivity index (χ2v) is 8.42. The predicted octanol–water partition coefficient (Wildman–Crippen LogP) is 4.90. The minimum atomic E-state index is 0.0101. The molecule has 1 fully saturated rings. The zero-order valence-corrected chi connectivity index (χ0v) is 18.4. The van der Waals surface area contributed by atoms with Crippen molar-refractivity contribution in [3.05, 3.63) is 83.0 Å². The summed E-state index contributed by atoms with van der Waals surface area (Å²) in [6.07, 6.45) is 3.56. The number of aryl methyl sites for hydroxylation is 1. The van der Waals surface area contributed by atoms with E-state index < -0.39 is 0 Å². The zero-order chi connectivity index (χ0) is 22.1. The molecule has 0 spiro atoms. The van der Waals surface area contributed by atoms with E-state index in [-0.39, 0.29) is 11.8 Å². The molecule has 1 aliphatic heterocycles. The molecule has 32 heavy (non-hydrogen) atoms. The summed E-state index contributed by atoms with van der Waals surface area (Å²) in [6.45, 7) is 3.27. The van der Waals surface area contributed by atoms with Crippen molar-refractivity contribution in [2.45, 2.75) is 25.7 Å². The molecule has 0 aliphatic carbocycles. The van der Waals surface area contributed by atoms with Crippen molar-refractivity contribution in [3.63, 3.8) is 0 Å². The lowest BCUT2D eigenvalue weighted by Crippen LogP contribution is -2.39. The first-order valence-electron chi connectivity index (χ1n) is 10.6. The van der Waals surface area contributed by atoms with Crippen molar-refractivity contribution in [2.75, 3.05) is 13.1 Å². The highest BCUT2D eigenvalue weighted by Crippen LogP contribution is 2.29. The van der Waals surface area contributed by atoms with Gasteiger partial charge in [0.1, 0.15) is 0 Å². The summed E-state index contributed by atoms with van der Waals surface area (Å²) >= 11 is 5.96. The van der Waals surface area contributed by atoms with Gasteiger partial charge >= 0.3 is 0 Å². The van der Waals surface area contributed by atoms with Crippen molar-refractivity contribution in [1.82, 2.24) is 24.8 Å². The Morgan fingerprint density at radius 3 is 2.59 bits per heavy atom. The van der Waals surface area contributed by atoms with Crippen LogP contribution in [0.4, 0.5) is 0 Å². The number of nitrogens with zero attached hydrogens (tertiary/aromatic N) is 5. The maximum atomic E-state index is 13.1. The smallest absolute Gasteiger partial charge is 0.253 e. The van der Waals surface area contributed by atoms with E-state index in [4.69, 9.17) is 16.1 Å². The van der Waals surface area contributed by atoms with Gasteiger partial charge in [-0.25, -0.2) is 4.68 Å². The van der Waals surface area contributed by atoms with E-state index in [1.807, 2.05) is 59.0 Å². The normalized spacial score (nSPS) is 16.3. The first-order valence-corrected chi connectivity index (χ1v) is 11.0. The van der Waals surface area contributed by atoms with E-state index in [9.17, 15) is 4.79 Å². The van der Waals surface area contributed by atoms with E-state index >= 15 is 0 Å². The second-order valence-electron chi connectivity index (χ2n) is 7.98. The van der Waals surface area contributed by atoms with Gasteiger partial charge < -0.3 is 9.42 Å². The molecule has 0 bridgehead atoms. The van der Waals surface area contributed by atoms with Gasteiger partial charge in [0, 0.05) is 41.1 Å². The van der Waals surface area contributed by atoms with Gasteiger partial charge in [0.15, 0.2) is 0 Å². The number of amides is 1. The van der Waals surface area contributed by atoms with E-state index in [1.165, 1.54) is 0 Å². The van der Waals surface area contributed by atoms with Crippen molar-refractivity contribution in [2.24, 2.45) is 0 Å². The quantitative estimate of drug-likeness (QED) is 0.444. The number of aromatic nitrogens is 4. The van der Waals surface area contributed by atoms with Gasteiger partial charge in [0.2, 0.25) is 11.7 Å². The Morgan fingerprint density at radius 2 is 1.88 bits per heavy atom. The molecule has 5 rings (SSSR count). The molecule has 2 aromatic heterocycles. The Bertz CT molecular complexity index is 1230. The highest BCUT2D eigenvalue weighted by molar-refractivity contribution is 6.30. The fourth-order valence-electron chi connectivity index (χ4n) is 4.05. The minimum Gasteiger partial charge on any atom is -0.339 e. The average molecular weight is 448 g/mol. The van der Waals surface area contributed by atoms with Crippen LogP contribution in [0.5, 0.6) is 0 Å². The first kappa shape index (κ1) is 20.5. The van der Waals surface area contributed by atoms with E-state index in [2.05, 4.69) is 15.2 Å². The van der Waals surface area contributed by atoms with Gasteiger partial charge in [-0.05, 0) is 74.4 Å². The third-order valence-corrected chi connectivity index (χ3v) is 6.04. The van der Waals surface area contributed by atoms with Crippen LogP contribution < -0.4 is 0 Å². The Balaban J connectivity index is 1.29. The van der Waals surface area contributed by atoms with Gasteiger partial charge in [-0.3, -0.25) is 4.79 Å². The molecule has 1 aliphatic rings. The first-order chi connectivity index (χ1) is 15.6. The van der Waals surface area contributed by atoms with Gasteiger partial charge in [0.05, 0.1) is 11.6 Å². The Morgan fingerprint density at radius 1 is 1.09 bits per heavy atom. The molecule has 2 aromatic carbocycles. The van der Waals surface area contributed by atoms with Crippen LogP contribution in [-0.2, 0) is 0 Å². The molecule has 8 heteroatoms. The number of hydrogen-bond donors (Lipinski definition) is 0. The molecular weight excluding hydrogens is 426 g/mol. The molecule has 0 N–H and O–H groups in total. The molecule has 7 nitrogen and oxygen atoms in total. The molecule has 0 radical (unpaired) electrons. The number of piperidine rings is 1. The highest BCUT2D eigenvalue weighted by atomic mass is 35.5. The molecule has 0 saturated carbocycles. The van der Waals surface area contributed by atoms with Crippen molar-refractivity contribution in [1.29, 1.82) is 0 Å². The Hall–Kier alpha value is -3.45. The van der Waals surface area contributed by atoms with Crippen LogP contribution in [-0.4, -0.2) is 43.8 Å². The Kier molecular flexibility index (Phi) is 5.49. The number of halogens is 1. The molecule has 1 amide bonds. The van der Waals surface area contributed by atoms with Crippen LogP contribution in [0.1, 0.15) is 40.7 Å². The largest absolute Gasteiger partial charge is 0.339 e. The van der Waals surface area contributed by atoms with Crippen molar-refractivity contribution < 1.29 is 9.32 Å². The van der Waals surface area contributed by atoms with Crippen LogP contribution >= 0.6 is 11.6 Å². The van der Waals surface area contributed by atoms with Crippen molar-refractivity contribution >= 4 is 17.5 Å². The van der Waals surface area contributed by atoms with Crippen LogP contribution in [0.3, 0.4) is 0 Å². The van der Waals surface area contributed by atoms with E-state index in [0.29, 0.717) is 35.4 Å². The molecular formula is C24H22ClN5O2. The van der Waals surface area contributed by atoms with Gasteiger partial charge in [-0.1, -0.05) is 16.8 Å². The monoisotopic (exact) mass is 447 g/mol. The summed E-state index contributed by atoms with van der Waals surface area (Å²) < 4.78 is 7.40. The fraction of sp³-hybridized carbons (Fsp3) is 0.250. The SMILES string of the molecule is Cc1ccnn1-c1ccc(C(=O)N2CCC[C@@H](c3nc(-c4ccc(Cl)cc4)no3)C2)cc1. The standard InChI is InChI=1S/C24H22ClN5O2/c1-16-12-13-26-30(16)21-10-6-18(7-11-21)24(31)29-14-2-3-19(15-29)23-27-22(28-32-23)17-4-8-20(25)9-5-17/h4-13,19H,2-3,14-15H2,1H3/t19-/m1/s1. The number of likely N-dealkylation sites (tertiary alicyclic amines) is 1. The number of hydrogen-bond acceptors (Lipinski definition) is 5. The van der Waals surface area contributed by atoms with Gasteiger partial charge in [-0.2, -0.15) is 10.1 Å². The molecule has 4 aromatic rings. The summed E-state index contributed by atoms with van der Waals surface area (Å²) in [5, 5.41) is 9.09. The molecule has 1 atom stereocenters. The summed E-state index contributed by atoms with van der Waals surface area (Å²) in [4.78, 5) is 19.6. The van der Waals surface area contributed by atoms with E-state index in [0.717, 1.165) is 29.8 Å². The minimum absolute atomic E-state index is 0.0101. The number of carbonyl (C=O) groups is 1. The summed E-state index contributed by atoms with van der Waals surface area (Å²) in [5.74, 6) is 1.13. The maximum Gasteiger partial charge on any atom is 0.253 e.